The third kappa shape index (κ3) is 17.7. The molecule has 0 atom stereocenters. The summed E-state index contributed by atoms with van der Waals surface area (Å²) in [6, 6.07) is 0. The summed E-state index contributed by atoms with van der Waals surface area (Å²) in [5.74, 6) is 0. The lowest BCUT2D eigenvalue weighted by Gasteiger charge is -2.00. The molecule has 1 nitrogen and oxygen atoms in total. The van der Waals surface area contributed by atoms with Gasteiger partial charge in [-0.2, -0.15) is 0 Å². The number of unbranched alkanes of at least 4 members (excludes halogenated alkanes) is 12. The summed E-state index contributed by atoms with van der Waals surface area (Å²) in [6.45, 7) is 3.21. The second kappa shape index (κ2) is 18.7. The molecule has 0 aromatic rings. The Morgan fingerprint density at radius 3 is 1.55 bits per heavy atom. The van der Waals surface area contributed by atoms with Gasteiger partial charge in [0, 0.05) is 13.7 Å². The van der Waals surface area contributed by atoms with Crippen LogP contribution in [-0.2, 0) is 4.74 Å². The molecular weight excluding hydrogens is 244 g/mol. The summed E-state index contributed by atoms with van der Waals surface area (Å²) in [5, 5.41) is 0. The van der Waals surface area contributed by atoms with E-state index in [4.69, 9.17) is 4.74 Å². The van der Waals surface area contributed by atoms with E-state index >= 15 is 0 Å². The maximum absolute atomic E-state index is 5.05. The Labute approximate surface area is 128 Å². The van der Waals surface area contributed by atoms with Crippen molar-refractivity contribution in [1.29, 1.82) is 0 Å². The molecule has 0 fully saturated rings. The first-order valence-corrected chi connectivity index (χ1v) is 9.05. The van der Waals surface area contributed by atoms with E-state index < -0.39 is 0 Å². The van der Waals surface area contributed by atoms with Crippen LogP contribution in [0.4, 0.5) is 0 Å². The Kier molecular flexibility index (Phi) is 18.4. The summed E-state index contributed by atoms with van der Waals surface area (Å²) < 4.78 is 5.05. The van der Waals surface area contributed by atoms with E-state index in [1.807, 2.05) is 0 Å². The summed E-state index contributed by atoms with van der Waals surface area (Å²) in [6.07, 6.45) is 23.9. The fourth-order valence-corrected chi connectivity index (χ4v) is 2.49. The fraction of sp³-hybridized carbons (Fsp3) is 0.895. The van der Waals surface area contributed by atoms with E-state index in [9.17, 15) is 0 Å². The third-order valence-electron chi connectivity index (χ3n) is 3.86. The van der Waals surface area contributed by atoms with Gasteiger partial charge in [-0.15, -0.1) is 0 Å². The molecule has 1 heteroatoms. The van der Waals surface area contributed by atoms with Crippen LogP contribution in [-0.4, -0.2) is 13.7 Å². The summed E-state index contributed by atoms with van der Waals surface area (Å²) in [4.78, 5) is 0. The lowest BCUT2D eigenvalue weighted by Crippen LogP contribution is -1.88. The molecule has 0 heterocycles. The highest BCUT2D eigenvalue weighted by Crippen LogP contribution is 2.09. The third-order valence-corrected chi connectivity index (χ3v) is 3.86. The minimum atomic E-state index is 0.932. The summed E-state index contributed by atoms with van der Waals surface area (Å²) in [5.41, 5.74) is 0. The van der Waals surface area contributed by atoms with E-state index in [-0.39, 0.29) is 0 Å². The highest BCUT2D eigenvalue weighted by molar-refractivity contribution is 4.81. The molecule has 0 aromatic carbocycles. The Hall–Kier alpha value is -0.300. The molecule has 0 aliphatic heterocycles. The second-order valence-corrected chi connectivity index (χ2v) is 5.93. The van der Waals surface area contributed by atoms with Gasteiger partial charge < -0.3 is 4.74 Å². The Morgan fingerprint density at radius 1 is 0.600 bits per heavy atom. The molecule has 0 aromatic heterocycles. The van der Waals surface area contributed by atoms with Crippen LogP contribution in [0.2, 0.25) is 0 Å². The normalized spacial score (nSPS) is 11.5. The van der Waals surface area contributed by atoms with Crippen LogP contribution in [0.15, 0.2) is 12.2 Å². The summed E-state index contributed by atoms with van der Waals surface area (Å²) in [7, 11) is 1.79. The first kappa shape index (κ1) is 19.7. The molecule has 0 unspecified atom stereocenters. The maximum atomic E-state index is 5.05. The van der Waals surface area contributed by atoms with Crippen LogP contribution in [0.25, 0.3) is 0 Å². The van der Waals surface area contributed by atoms with Gasteiger partial charge in [0.2, 0.25) is 0 Å². The molecule has 0 N–H and O–H groups in total. The van der Waals surface area contributed by atoms with Crippen LogP contribution in [0.5, 0.6) is 0 Å². The predicted molar refractivity (Wildman–Crippen MR) is 91.3 cm³/mol. The molecular formula is C19H38O. The molecule has 20 heavy (non-hydrogen) atoms. The lowest BCUT2D eigenvalue weighted by atomic mass is 10.1. The molecule has 120 valence electrons. The van der Waals surface area contributed by atoms with E-state index in [2.05, 4.69) is 19.1 Å². The Balaban J connectivity index is 3.01. The number of allylic oxidation sites excluding steroid dienone is 2. The minimum absolute atomic E-state index is 0.932. The van der Waals surface area contributed by atoms with E-state index in [0.717, 1.165) is 6.61 Å². The quantitative estimate of drug-likeness (QED) is 0.227. The molecule has 0 radical (unpaired) electrons. The van der Waals surface area contributed by atoms with Crippen LogP contribution in [0.1, 0.15) is 96.8 Å². The fourth-order valence-electron chi connectivity index (χ4n) is 2.49. The number of hydrogen-bond acceptors (Lipinski definition) is 1. The Morgan fingerprint density at radius 2 is 1.05 bits per heavy atom. The van der Waals surface area contributed by atoms with Crippen molar-refractivity contribution in [2.75, 3.05) is 13.7 Å². The molecule has 0 spiro atoms. The van der Waals surface area contributed by atoms with Gasteiger partial charge in [-0.25, -0.2) is 0 Å². The zero-order valence-electron chi connectivity index (χ0n) is 14.2. The van der Waals surface area contributed by atoms with Gasteiger partial charge in [-0.3, -0.25) is 0 Å². The van der Waals surface area contributed by atoms with Crippen LogP contribution < -0.4 is 0 Å². The molecule has 0 aliphatic carbocycles. The zero-order valence-corrected chi connectivity index (χ0v) is 14.2. The SMILES string of the molecule is CCCCCCCC/C=C\CCCCCCCCOC. The van der Waals surface area contributed by atoms with Gasteiger partial charge in [0.25, 0.3) is 0 Å². The van der Waals surface area contributed by atoms with Crippen molar-refractivity contribution in [2.45, 2.75) is 96.8 Å². The van der Waals surface area contributed by atoms with Crippen molar-refractivity contribution in [1.82, 2.24) is 0 Å². The van der Waals surface area contributed by atoms with Crippen molar-refractivity contribution in [3.05, 3.63) is 12.2 Å². The average molecular weight is 283 g/mol. The zero-order chi connectivity index (χ0) is 14.7. The highest BCUT2D eigenvalue weighted by atomic mass is 16.5. The van der Waals surface area contributed by atoms with E-state index in [0.29, 0.717) is 0 Å². The molecule has 0 saturated carbocycles. The van der Waals surface area contributed by atoms with Crippen molar-refractivity contribution < 1.29 is 4.74 Å². The largest absolute Gasteiger partial charge is 0.385 e. The van der Waals surface area contributed by atoms with Gasteiger partial charge >= 0.3 is 0 Å². The van der Waals surface area contributed by atoms with Crippen molar-refractivity contribution >= 4 is 0 Å². The first-order valence-electron chi connectivity index (χ1n) is 9.05. The summed E-state index contributed by atoms with van der Waals surface area (Å²) >= 11 is 0. The Bertz CT molecular complexity index is 186. The molecule has 0 saturated heterocycles. The maximum Gasteiger partial charge on any atom is 0.0462 e. The van der Waals surface area contributed by atoms with Crippen molar-refractivity contribution in [3.8, 4) is 0 Å². The predicted octanol–water partition coefficient (Wildman–Crippen LogP) is 6.67. The first-order chi connectivity index (χ1) is 9.91. The number of rotatable bonds is 16. The lowest BCUT2D eigenvalue weighted by molar-refractivity contribution is 0.192. The van der Waals surface area contributed by atoms with Crippen molar-refractivity contribution in [2.24, 2.45) is 0 Å². The average Bonchev–Trinajstić information content (AvgIpc) is 2.47. The molecule has 0 rings (SSSR count). The van der Waals surface area contributed by atoms with E-state index in [1.54, 1.807) is 7.11 Å². The molecule has 0 aliphatic rings. The van der Waals surface area contributed by atoms with Crippen LogP contribution in [0.3, 0.4) is 0 Å². The highest BCUT2D eigenvalue weighted by Gasteiger charge is 1.91. The minimum Gasteiger partial charge on any atom is -0.385 e. The van der Waals surface area contributed by atoms with Gasteiger partial charge in [0.1, 0.15) is 0 Å². The molecule has 0 amide bonds. The second-order valence-electron chi connectivity index (χ2n) is 5.93. The number of ether oxygens (including phenoxy) is 1. The van der Waals surface area contributed by atoms with Gasteiger partial charge in [0.05, 0.1) is 0 Å². The van der Waals surface area contributed by atoms with E-state index in [1.165, 1.54) is 89.9 Å². The molecule has 0 bridgehead atoms. The number of hydrogen-bond donors (Lipinski definition) is 0. The topological polar surface area (TPSA) is 9.23 Å². The van der Waals surface area contributed by atoms with Gasteiger partial charge in [0.15, 0.2) is 0 Å². The smallest absolute Gasteiger partial charge is 0.0462 e. The monoisotopic (exact) mass is 282 g/mol. The van der Waals surface area contributed by atoms with Gasteiger partial charge in [-0.05, 0) is 32.1 Å². The number of methoxy groups -OCH3 is 1. The van der Waals surface area contributed by atoms with Crippen LogP contribution >= 0.6 is 0 Å². The standard InChI is InChI=1S/C19H38O/c1-3-4-5-6-7-8-9-10-11-12-13-14-15-16-17-18-19-20-2/h10-11H,3-9,12-19H2,1-2H3/b11-10-. The van der Waals surface area contributed by atoms with Gasteiger partial charge in [-0.1, -0.05) is 76.9 Å². The van der Waals surface area contributed by atoms with Crippen molar-refractivity contribution in [3.63, 3.8) is 0 Å². The van der Waals surface area contributed by atoms with Crippen LogP contribution in [0, 0.1) is 0 Å².